The minimum absolute atomic E-state index is 0.175. The van der Waals surface area contributed by atoms with Crippen LogP contribution >= 0.6 is 11.3 Å². The zero-order valence-corrected chi connectivity index (χ0v) is 13.3. The monoisotopic (exact) mass is 303 g/mol. The van der Waals surface area contributed by atoms with E-state index in [0.717, 1.165) is 42.4 Å². The van der Waals surface area contributed by atoms with Gasteiger partial charge in [0.05, 0.1) is 11.8 Å². The van der Waals surface area contributed by atoms with Crippen LogP contribution in [-0.4, -0.2) is 48.3 Å². The lowest BCUT2D eigenvalue weighted by Gasteiger charge is -2.14. The fourth-order valence-electron chi connectivity index (χ4n) is 2.62. The van der Waals surface area contributed by atoms with E-state index >= 15 is 0 Å². The van der Waals surface area contributed by atoms with E-state index in [1.54, 1.807) is 11.3 Å². The molecule has 1 aliphatic heterocycles. The van der Waals surface area contributed by atoms with Gasteiger partial charge in [0.25, 0.3) is 0 Å². The number of thiazole rings is 1. The summed E-state index contributed by atoms with van der Waals surface area (Å²) in [5, 5.41) is 10.7. The Morgan fingerprint density at radius 3 is 2.71 bits per heavy atom. The van der Waals surface area contributed by atoms with E-state index < -0.39 is 0 Å². The van der Waals surface area contributed by atoms with Gasteiger partial charge >= 0.3 is 0 Å². The van der Waals surface area contributed by atoms with E-state index in [4.69, 9.17) is 4.98 Å². The van der Waals surface area contributed by atoms with Crippen LogP contribution in [0.4, 0.5) is 5.13 Å². The van der Waals surface area contributed by atoms with E-state index in [9.17, 15) is 5.11 Å². The third-order valence-electron chi connectivity index (χ3n) is 3.73. The summed E-state index contributed by atoms with van der Waals surface area (Å²) >= 11 is 1.74. The molecule has 5 heteroatoms. The number of hydrogen-bond donors (Lipinski definition) is 1. The van der Waals surface area contributed by atoms with E-state index in [1.165, 1.54) is 4.88 Å². The molecule has 21 heavy (non-hydrogen) atoms. The Labute approximate surface area is 129 Å². The maximum atomic E-state index is 9.70. The zero-order valence-electron chi connectivity index (χ0n) is 12.5. The average Bonchev–Trinajstić information content (AvgIpc) is 3.07. The highest BCUT2D eigenvalue weighted by Gasteiger charge is 2.23. The van der Waals surface area contributed by atoms with E-state index in [1.807, 2.05) is 32.3 Å². The Balaban J connectivity index is 1.90. The summed E-state index contributed by atoms with van der Waals surface area (Å²) in [7, 11) is 4.05. The minimum Gasteiger partial charge on any atom is -0.392 e. The lowest BCUT2D eigenvalue weighted by Crippen LogP contribution is -2.21. The molecule has 1 atom stereocenters. The number of rotatable bonds is 4. The van der Waals surface area contributed by atoms with Crippen LogP contribution in [0.3, 0.4) is 0 Å². The van der Waals surface area contributed by atoms with Gasteiger partial charge in [-0.05, 0) is 6.42 Å². The summed E-state index contributed by atoms with van der Waals surface area (Å²) in [6, 6.07) is 10.3. The number of aromatic nitrogens is 1. The van der Waals surface area contributed by atoms with Crippen LogP contribution < -0.4 is 4.90 Å². The molecule has 112 valence electrons. The Morgan fingerprint density at radius 2 is 2.10 bits per heavy atom. The predicted octanol–water partition coefficient (Wildman–Crippen LogP) is 2.44. The van der Waals surface area contributed by atoms with Crippen molar-refractivity contribution in [3.63, 3.8) is 0 Å². The number of hydrogen-bond acceptors (Lipinski definition) is 5. The molecule has 1 aromatic carbocycles. The number of likely N-dealkylation sites (tertiary alicyclic amines) is 1. The first kappa shape index (κ1) is 14.5. The SMILES string of the molecule is CN(C)c1nc(-c2ccccc2)c(CN2CC[C@@H](O)C2)s1. The van der Waals surface area contributed by atoms with Crippen molar-refractivity contribution in [1.82, 2.24) is 9.88 Å². The molecule has 0 radical (unpaired) electrons. The largest absolute Gasteiger partial charge is 0.392 e. The predicted molar refractivity (Wildman–Crippen MR) is 87.8 cm³/mol. The molecule has 1 fully saturated rings. The fourth-order valence-corrected chi connectivity index (χ4v) is 3.67. The third-order valence-corrected chi connectivity index (χ3v) is 4.94. The molecule has 2 aromatic rings. The molecule has 3 rings (SSSR count). The van der Waals surface area contributed by atoms with Gasteiger partial charge in [-0.2, -0.15) is 0 Å². The van der Waals surface area contributed by atoms with Gasteiger partial charge < -0.3 is 10.0 Å². The maximum Gasteiger partial charge on any atom is 0.185 e. The lowest BCUT2D eigenvalue weighted by molar-refractivity contribution is 0.175. The fraction of sp³-hybridized carbons (Fsp3) is 0.438. The molecule has 0 unspecified atom stereocenters. The van der Waals surface area contributed by atoms with Crippen molar-refractivity contribution in [1.29, 1.82) is 0 Å². The number of anilines is 1. The standard InChI is InChI=1S/C16H21N3OS/c1-18(2)16-17-15(12-6-4-3-5-7-12)14(21-16)11-19-9-8-13(20)10-19/h3-7,13,20H,8-11H2,1-2H3/t13-/m1/s1. The van der Waals surface area contributed by atoms with E-state index in [2.05, 4.69) is 21.9 Å². The molecular formula is C16H21N3OS. The molecule has 1 aromatic heterocycles. The van der Waals surface area contributed by atoms with Crippen molar-refractivity contribution in [2.24, 2.45) is 0 Å². The van der Waals surface area contributed by atoms with Gasteiger partial charge in [-0.15, -0.1) is 0 Å². The van der Waals surface area contributed by atoms with Crippen LogP contribution in [0.25, 0.3) is 11.3 Å². The number of aliphatic hydroxyl groups is 1. The highest BCUT2D eigenvalue weighted by atomic mass is 32.1. The minimum atomic E-state index is -0.175. The zero-order chi connectivity index (χ0) is 14.8. The molecule has 0 spiro atoms. The second-order valence-corrected chi connectivity index (χ2v) is 6.77. The number of benzene rings is 1. The van der Waals surface area contributed by atoms with Crippen molar-refractivity contribution in [3.8, 4) is 11.3 Å². The highest BCUT2D eigenvalue weighted by Crippen LogP contribution is 2.33. The lowest BCUT2D eigenvalue weighted by atomic mass is 10.1. The smallest absolute Gasteiger partial charge is 0.185 e. The van der Waals surface area contributed by atoms with Gasteiger partial charge in [-0.1, -0.05) is 41.7 Å². The topological polar surface area (TPSA) is 39.6 Å². The summed E-state index contributed by atoms with van der Waals surface area (Å²) in [6.45, 7) is 2.60. The third kappa shape index (κ3) is 3.26. The highest BCUT2D eigenvalue weighted by molar-refractivity contribution is 7.16. The molecule has 2 heterocycles. The second-order valence-electron chi connectivity index (χ2n) is 5.71. The van der Waals surface area contributed by atoms with Crippen LogP contribution in [-0.2, 0) is 6.54 Å². The van der Waals surface area contributed by atoms with Crippen LogP contribution in [0.2, 0.25) is 0 Å². The summed E-state index contributed by atoms with van der Waals surface area (Å²) in [4.78, 5) is 10.4. The number of β-amino-alcohol motifs (C(OH)–C–C–N with tert-alkyl or cyclic N) is 1. The first-order valence-corrected chi connectivity index (χ1v) is 8.08. The van der Waals surface area contributed by atoms with Crippen LogP contribution in [0, 0.1) is 0 Å². The van der Waals surface area contributed by atoms with Crippen molar-refractivity contribution < 1.29 is 5.11 Å². The average molecular weight is 303 g/mol. The van der Waals surface area contributed by atoms with E-state index in [0.29, 0.717) is 0 Å². The number of nitrogens with zero attached hydrogens (tertiary/aromatic N) is 3. The van der Waals surface area contributed by atoms with Gasteiger partial charge in [0.2, 0.25) is 0 Å². The van der Waals surface area contributed by atoms with Gasteiger partial charge in [-0.3, -0.25) is 4.90 Å². The molecule has 4 nitrogen and oxygen atoms in total. The quantitative estimate of drug-likeness (QED) is 0.942. The summed E-state index contributed by atoms with van der Waals surface area (Å²) in [5.74, 6) is 0. The van der Waals surface area contributed by atoms with Gasteiger partial charge in [0.15, 0.2) is 5.13 Å². The van der Waals surface area contributed by atoms with Crippen LogP contribution in [0.5, 0.6) is 0 Å². The Kier molecular flexibility index (Phi) is 4.24. The van der Waals surface area contributed by atoms with E-state index in [-0.39, 0.29) is 6.10 Å². The van der Waals surface area contributed by atoms with Gasteiger partial charge in [0, 0.05) is 44.2 Å². The summed E-state index contributed by atoms with van der Waals surface area (Å²) < 4.78 is 0. The molecule has 0 saturated carbocycles. The summed E-state index contributed by atoms with van der Waals surface area (Å²) in [5.41, 5.74) is 2.24. The van der Waals surface area contributed by atoms with Crippen molar-refractivity contribution >= 4 is 16.5 Å². The molecular weight excluding hydrogens is 282 g/mol. The van der Waals surface area contributed by atoms with Gasteiger partial charge in [0.1, 0.15) is 0 Å². The first-order chi connectivity index (χ1) is 10.1. The maximum absolute atomic E-state index is 9.70. The first-order valence-electron chi connectivity index (χ1n) is 7.26. The van der Waals surface area contributed by atoms with Crippen molar-refractivity contribution in [2.45, 2.75) is 19.1 Å². The van der Waals surface area contributed by atoms with Crippen LogP contribution in [0.15, 0.2) is 30.3 Å². The number of aliphatic hydroxyl groups excluding tert-OH is 1. The normalized spacial score (nSPS) is 19.1. The molecule has 1 saturated heterocycles. The molecule has 0 amide bonds. The molecule has 0 aliphatic carbocycles. The summed E-state index contributed by atoms with van der Waals surface area (Å²) in [6.07, 6.45) is 0.700. The molecule has 1 aliphatic rings. The molecule has 0 bridgehead atoms. The van der Waals surface area contributed by atoms with Crippen LogP contribution in [0.1, 0.15) is 11.3 Å². The Hall–Kier alpha value is -1.43. The Bertz CT molecular complexity index is 597. The second kappa shape index (κ2) is 6.13. The Morgan fingerprint density at radius 1 is 1.33 bits per heavy atom. The van der Waals surface area contributed by atoms with Crippen molar-refractivity contribution in [2.75, 3.05) is 32.1 Å². The van der Waals surface area contributed by atoms with Gasteiger partial charge in [-0.25, -0.2) is 4.98 Å². The molecule has 1 N–H and O–H groups in total. The van der Waals surface area contributed by atoms with Crippen molar-refractivity contribution in [3.05, 3.63) is 35.2 Å².